The van der Waals surface area contributed by atoms with Gasteiger partial charge in [-0.3, -0.25) is 9.59 Å². The van der Waals surface area contributed by atoms with Crippen molar-refractivity contribution in [3.05, 3.63) is 24.0 Å². The molecule has 27 heavy (non-hydrogen) atoms. The van der Waals surface area contributed by atoms with Gasteiger partial charge >= 0.3 is 0 Å². The molecule has 1 saturated heterocycles. The van der Waals surface area contributed by atoms with E-state index >= 15 is 0 Å². The molecule has 6 heteroatoms. The van der Waals surface area contributed by atoms with Gasteiger partial charge in [0.15, 0.2) is 0 Å². The number of likely N-dealkylation sites (tertiary alicyclic amines) is 1. The van der Waals surface area contributed by atoms with Gasteiger partial charge in [0.25, 0.3) is 0 Å². The molecule has 5 rings (SSSR count). The first-order chi connectivity index (χ1) is 13.2. The number of carbonyl (C=O) groups is 2. The molecule has 1 aromatic carbocycles. The molecule has 0 radical (unpaired) electrons. The lowest BCUT2D eigenvalue weighted by molar-refractivity contribution is -0.129. The van der Waals surface area contributed by atoms with E-state index in [-0.39, 0.29) is 17.7 Å². The van der Waals surface area contributed by atoms with Gasteiger partial charge in [0.1, 0.15) is 5.82 Å². The van der Waals surface area contributed by atoms with E-state index in [4.69, 9.17) is 0 Å². The Morgan fingerprint density at radius 1 is 1.15 bits per heavy atom. The quantitative estimate of drug-likeness (QED) is 0.868. The molecule has 1 unspecified atom stereocenters. The van der Waals surface area contributed by atoms with Crippen LogP contribution in [0.1, 0.15) is 63.1 Å². The number of H-pyrrole nitrogens is 1. The molecule has 2 amide bonds. The van der Waals surface area contributed by atoms with Gasteiger partial charge in [-0.1, -0.05) is 19.3 Å². The Labute approximate surface area is 158 Å². The summed E-state index contributed by atoms with van der Waals surface area (Å²) in [6.07, 6.45) is 8.57. The third kappa shape index (κ3) is 3.11. The number of rotatable bonds is 4. The van der Waals surface area contributed by atoms with Crippen LogP contribution in [0.3, 0.4) is 0 Å². The zero-order valence-electron chi connectivity index (χ0n) is 15.5. The minimum atomic E-state index is -0.249. The Morgan fingerprint density at radius 2 is 1.96 bits per heavy atom. The maximum Gasteiger partial charge on any atom is 0.229 e. The number of fused-ring (bicyclic) bond motifs is 1. The van der Waals surface area contributed by atoms with Gasteiger partial charge in [-0.2, -0.15) is 0 Å². The minimum Gasteiger partial charge on any atom is -0.342 e. The Balaban J connectivity index is 1.27. The fourth-order valence-corrected chi connectivity index (χ4v) is 4.70. The molecular weight excluding hydrogens is 340 g/mol. The number of nitrogens with one attached hydrogen (secondary N) is 2. The highest BCUT2D eigenvalue weighted by molar-refractivity contribution is 5.98. The highest BCUT2D eigenvalue weighted by Gasteiger charge is 2.38. The van der Waals surface area contributed by atoms with E-state index in [9.17, 15) is 9.59 Å². The smallest absolute Gasteiger partial charge is 0.229 e. The second kappa shape index (κ2) is 6.66. The molecule has 0 spiro atoms. The van der Waals surface area contributed by atoms with Crippen molar-refractivity contribution in [2.24, 2.45) is 5.92 Å². The monoisotopic (exact) mass is 366 g/mol. The highest BCUT2D eigenvalue weighted by atomic mass is 16.2. The second-order valence-corrected chi connectivity index (χ2v) is 8.36. The summed E-state index contributed by atoms with van der Waals surface area (Å²) in [6.45, 7) is 0.563. The lowest BCUT2D eigenvalue weighted by Crippen LogP contribution is -2.35. The maximum atomic E-state index is 12.7. The van der Waals surface area contributed by atoms with E-state index in [1.807, 2.05) is 23.1 Å². The van der Waals surface area contributed by atoms with Gasteiger partial charge in [-0.25, -0.2) is 4.98 Å². The first kappa shape index (κ1) is 16.8. The molecule has 1 aliphatic heterocycles. The molecule has 3 fully saturated rings. The summed E-state index contributed by atoms with van der Waals surface area (Å²) in [5, 5.41) is 3.01. The highest BCUT2D eigenvalue weighted by Crippen LogP contribution is 2.36. The van der Waals surface area contributed by atoms with Crippen LogP contribution in [-0.2, 0) is 9.59 Å². The molecule has 2 saturated carbocycles. The molecule has 2 N–H and O–H groups in total. The van der Waals surface area contributed by atoms with Crippen LogP contribution in [-0.4, -0.2) is 39.3 Å². The van der Waals surface area contributed by atoms with Crippen LogP contribution in [0.15, 0.2) is 18.2 Å². The molecular formula is C21H26N4O2. The third-order valence-corrected chi connectivity index (χ3v) is 6.55. The number of carbonyl (C=O) groups excluding carboxylic acids is 2. The number of benzene rings is 1. The van der Waals surface area contributed by atoms with Gasteiger partial charge in [0, 0.05) is 30.6 Å². The van der Waals surface area contributed by atoms with Gasteiger partial charge in [0.2, 0.25) is 11.8 Å². The van der Waals surface area contributed by atoms with Crippen LogP contribution in [0.2, 0.25) is 0 Å². The molecule has 0 bridgehead atoms. The van der Waals surface area contributed by atoms with Crippen molar-refractivity contribution in [1.82, 2.24) is 14.9 Å². The SMILES string of the molecule is O=C(Nc1ccc2nc(C3CCC3)[nH]c2c1)C1CC(=O)N(C2CCCC2)C1. The first-order valence-corrected chi connectivity index (χ1v) is 10.3. The number of aromatic amines is 1. The van der Waals surface area contributed by atoms with Crippen LogP contribution in [0.25, 0.3) is 11.0 Å². The van der Waals surface area contributed by atoms with Crippen molar-refractivity contribution in [3.63, 3.8) is 0 Å². The van der Waals surface area contributed by atoms with Gasteiger partial charge in [-0.15, -0.1) is 0 Å². The number of imidazole rings is 1. The summed E-state index contributed by atoms with van der Waals surface area (Å²) in [7, 11) is 0. The number of anilines is 1. The Bertz CT molecular complexity index is 879. The largest absolute Gasteiger partial charge is 0.342 e. The molecule has 3 aliphatic rings. The fraction of sp³-hybridized carbons (Fsp3) is 0.571. The lowest BCUT2D eigenvalue weighted by Gasteiger charge is -2.23. The fourth-order valence-electron chi connectivity index (χ4n) is 4.70. The predicted molar refractivity (Wildman–Crippen MR) is 103 cm³/mol. The lowest BCUT2D eigenvalue weighted by atomic mass is 9.85. The molecule has 2 aromatic rings. The van der Waals surface area contributed by atoms with Gasteiger partial charge in [0.05, 0.1) is 17.0 Å². The zero-order valence-corrected chi connectivity index (χ0v) is 15.5. The van der Waals surface area contributed by atoms with Gasteiger partial charge < -0.3 is 15.2 Å². The minimum absolute atomic E-state index is 0.0538. The molecule has 2 aliphatic carbocycles. The number of hydrogen-bond donors (Lipinski definition) is 2. The summed E-state index contributed by atoms with van der Waals surface area (Å²) in [5.41, 5.74) is 2.67. The molecule has 1 aromatic heterocycles. The summed E-state index contributed by atoms with van der Waals surface area (Å²) < 4.78 is 0. The Morgan fingerprint density at radius 3 is 2.70 bits per heavy atom. The van der Waals surface area contributed by atoms with Gasteiger partial charge in [-0.05, 0) is 43.9 Å². The number of hydrogen-bond acceptors (Lipinski definition) is 3. The standard InChI is InChI=1S/C21H26N4O2/c26-19-10-14(12-25(19)16-6-1-2-7-16)21(27)22-15-8-9-17-18(11-15)24-20(23-17)13-4-3-5-13/h8-9,11,13-14,16H,1-7,10,12H2,(H,22,27)(H,23,24). The van der Waals surface area contributed by atoms with Crippen LogP contribution in [0.5, 0.6) is 0 Å². The maximum absolute atomic E-state index is 12.7. The topological polar surface area (TPSA) is 78.1 Å². The van der Waals surface area contributed by atoms with Crippen molar-refractivity contribution >= 4 is 28.5 Å². The molecule has 6 nitrogen and oxygen atoms in total. The van der Waals surface area contributed by atoms with Crippen molar-refractivity contribution in [2.45, 2.75) is 63.3 Å². The molecule has 1 atom stereocenters. The van der Waals surface area contributed by atoms with Crippen LogP contribution in [0.4, 0.5) is 5.69 Å². The average Bonchev–Trinajstić information content (AvgIpc) is 3.31. The summed E-state index contributed by atoms with van der Waals surface area (Å²) in [5.74, 6) is 1.45. The summed E-state index contributed by atoms with van der Waals surface area (Å²) in [4.78, 5) is 35.1. The molecule has 2 heterocycles. The number of amides is 2. The van der Waals surface area contributed by atoms with E-state index in [2.05, 4.69) is 15.3 Å². The van der Waals surface area contributed by atoms with E-state index in [0.29, 0.717) is 24.9 Å². The van der Waals surface area contributed by atoms with Crippen molar-refractivity contribution in [3.8, 4) is 0 Å². The third-order valence-electron chi connectivity index (χ3n) is 6.55. The Hall–Kier alpha value is -2.37. The molecule has 142 valence electrons. The van der Waals surface area contributed by atoms with Crippen LogP contribution in [0, 0.1) is 5.92 Å². The second-order valence-electron chi connectivity index (χ2n) is 8.36. The summed E-state index contributed by atoms with van der Waals surface area (Å²) in [6, 6.07) is 6.15. The average molecular weight is 366 g/mol. The summed E-state index contributed by atoms with van der Waals surface area (Å²) >= 11 is 0. The normalized spacial score (nSPS) is 23.9. The van der Waals surface area contributed by atoms with Crippen molar-refractivity contribution in [1.29, 1.82) is 0 Å². The van der Waals surface area contributed by atoms with Crippen molar-refractivity contribution in [2.75, 3.05) is 11.9 Å². The first-order valence-electron chi connectivity index (χ1n) is 10.3. The number of aromatic nitrogens is 2. The Kier molecular flexibility index (Phi) is 4.14. The number of nitrogens with zero attached hydrogens (tertiary/aromatic N) is 2. The van der Waals surface area contributed by atoms with E-state index in [1.165, 1.54) is 32.1 Å². The zero-order chi connectivity index (χ0) is 18.4. The predicted octanol–water partition coefficient (Wildman–Crippen LogP) is 3.56. The van der Waals surface area contributed by atoms with E-state index in [0.717, 1.165) is 35.4 Å². The van der Waals surface area contributed by atoms with Crippen LogP contribution < -0.4 is 5.32 Å². The van der Waals surface area contributed by atoms with E-state index < -0.39 is 0 Å². The van der Waals surface area contributed by atoms with Crippen molar-refractivity contribution < 1.29 is 9.59 Å². The van der Waals surface area contributed by atoms with E-state index in [1.54, 1.807) is 0 Å². The van der Waals surface area contributed by atoms with Crippen LogP contribution >= 0.6 is 0 Å².